The van der Waals surface area contributed by atoms with E-state index in [1.165, 1.54) is 23.7 Å². The second-order valence-corrected chi connectivity index (χ2v) is 9.18. The molecule has 1 amide bonds. The van der Waals surface area contributed by atoms with Crippen molar-refractivity contribution in [2.24, 2.45) is 0 Å². The number of carbonyl (C=O) groups is 1. The number of amides is 1. The Kier molecular flexibility index (Phi) is 7.87. The molecule has 0 radical (unpaired) electrons. The van der Waals surface area contributed by atoms with Crippen LogP contribution in [0.1, 0.15) is 59.3 Å². The molecule has 0 unspecified atom stereocenters. The number of halogens is 6. The summed E-state index contributed by atoms with van der Waals surface area (Å²) in [6.45, 7) is 1.87. The first kappa shape index (κ1) is 27.7. The van der Waals surface area contributed by atoms with Crippen molar-refractivity contribution in [2.75, 3.05) is 13.6 Å². The summed E-state index contributed by atoms with van der Waals surface area (Å²) in [4.78, 5) is 19.0. The van der Waals surface area contributed by atoms with Gasteiger partial charge in [-0.3, -0.25) is 9.69 Å². The van der Waals surface area contributed by atoms with Gasteiger partial charge in [0.1, 0.15) is 6.04 Å². The predicted molar refractivity (Wildman–Crippen MR) is 129 cm³/mol. The van der Waals surface area contributed by atoms with Crippen molar-refractivity contribution in [1.82, 2.24) is 19.8 Å². The lowest BCUT2D eigenvalue weighted by Gasteiger charge is -2.42. The van der Waals surface area contributed by atoms with Gasteiger partial charge in [0.2, 0.25) is 11.7 Å². The van der Waals surface area contributed by atoms with Gasteiger partial charge in [-0.15, -0.1) is 0 Å². The van der Waals surface area contributed by atoms with Crippen LogP contribution in [-0.2, 0) is 36.5 Å². The summed E-state index contributed by atoms with van der Waals surface area (Å²) < 4.78 is 81.9. The average molecular weight is 539 g/mol. The Morgan fingerprint density at radius 1 is 1.00 bits per heavy atom. The summed E-state index contributed by atoms with van der Waals surface area (Å²) in [5.41, 5.74) is 1.21. The molecule has 0 spiro atoms. The molecule has 0 aliphatic carbocycles. The SMILES string of the molecule is CCc1nc(C(F)(F)F)n2c1[C@H](CCc1ccc(C(F)(F)F)cc1)N([C@@H](C(=O)NC)c1ccccc1)CC2. The van der Waals surface area contributed by atoms with E-state index >= 15 is 0 Å². The minimum atomic E-state index is -4.65. The van der Waals surface area contributed by atoms with E-state index in [4.69, 9.17) is 0 Å². The van der Waals surface area contributed by atoms with Gasteiger partial charge < -0.3 is 9.88 Å². The minimum Gasteiger partial charge on any atom is -0.358 e. The number of rotatable bonds is 7. The minimum absolute atomic E-state index is 0.00567. The third-order valence-corrected chi connectivity index (χ3v) is 6.90. The Balaban J connectivity index is 1.77. The number of alkyl halides is 6. The second kappa shape index (κ2) is 10.8. The number of nitrogens with one attached hydrogen (secondary N) is 1. The van der Waals surface area contributed by atoms with Crippen molar-refractivity contribution in [3.05, 3.63) is 88.5 Å². The molecule has 1 aliphatic rings. The van der Waals surface area contributed by atoms with E-state index in [1.807, 2.05) is 11.0 Å². The standard InChI is InChI=1S/C27H28F6N4O/c1-3-20-23-21(14-11-17-9-12-19(13-10-17)26(28,29)30)36(15-16-37(23)25(35-20)27(31,32)33)22(24(38)34-2)18-7-5-4-6-8-18/h4-10,12-13,21-22H,3,11,14-16H2,1-2H3,(H,34,38)/t21-,22+/m0/s1. The highest BCUT2D eigenvalue weighted by Crippen LogP contribution is 2.42. The average Bonchev–Trinajstić information content (AvgIpc) is 3.28. The van der Waals surface area contributed by atoms with Gasteiger partial charge in [-0.25, -0.2) is 4.98 Å². The smallest absolute Gasteiger partial charge is 0.358 e. The molecule has 11 heteroatoms. The Morgan fingerprint density at radius 2 is 1.66 bits per heavy atom. The zero-order chi connectivity index (χ0) is 27.7. The molecule has 0 saturated carbocycles. The zero-order valence-corrected chi connectivity index (χ0v) is 20.9. The number of carbonyl (C=O) groups excluding carboxylic acids is 1. The van der Waals surface area contributed by atoms with E-state index in [-0.39, 0.29) is 31.8 Å². The van der Waals surface area contributed by atoms with Crippen molar-refractivity contribution in [2.45, 2.75) is 57.2 Å². The van der Waals surface area contributed by atoms with E-state index < -0.39 is 35.8 Å². The van der Waals surface area contributed by atoms with Gasteiger partial charge in [0.05, 0.1) is 23.0 Å². The van der Waals surface area contributed by atoms with E-state index in [0.717, 1.165) is 12.1 Å². The van der Waals surface area contributed by atoms with E-state index in [0.29, 0.717) is 28.9 Å². The number of benzene rings is 2. The summed E-state index contributed by atoms with van der Waals surface area (Å²) in [5, 5.41) is 2.67. The molecular weight excluding hydrogens is 510 g/mol. The molecule has 0 fully saturated rings. The second-order valence-electron chi connectivity index (χ2n) is 9.18. The number of fused-ring (bicyclic) bond motifs is 1. The lowest BCUT2D eigenvalue weighted by molar-refractivity contribution is -0.148. The number of nitrogens with zero attached hydrogens (tertiary/aromatic N) is 3. The third-order valence-electron chi connectivity index (χ3n) is 6.90. The molecule has 38 heavy (non-hydrogen) atoms. The molecule has 4 rings (SSSR count). The van der Waals surface area contributed by atoms with Gasteiger partial charge in [0, 0.05) is 20.1 Å². The van der Waals surface area contributed by atoms with Crippen LogP contribution in [0, 0.1) is 0 Å². The van der Waals surface area contributed by atoms with E-state index in [2.05, 4.69) is 10.3 Å². The van der Waals surface area contributed by atoms with Gasteiger partial charge in [-0.2, -0.15) is 26.3 Å². The fourth-order valence-electron chi connectivity index (χ4n) is 5.16. The van der Waals surface area contributed by atoms with Crippen molar-refractivity contribution >= 4 is 5.91 Å². The topological polar surface area (TPSA) is 50.2 Å². The quantitative estimate of drug-likeness (QED) is 0.378. The zero-order valence-electron chi connectivity index (χ0n) is 20.9. The number of aryl methyl sites for hydroxylation is 2. The van der Waals surface area contributed by atoms with Crippen LogP contribution < -0.4 is 5.32 Å². The Morgan fingerprint density at radius 3 is 2.21 bits per heavy atom. The molecule has 1 aromatic heterocycles. The fourth-order valence-corrected chi connectivity index (χ4v) is 5.16. The fraction of sp³-hybridized carbons (Fsp3) is 0.407. The maximum Gasteiger partial charge on any atom is 0.449 e. The first-order valence-electron chi connectivity index (χ1n) is 12.3. The van der Waals surface area contributed by atoms with Crippen LogP contribution in [0.3, 0.4) is 0 Å². The summed E-state index contributed by atoms with van der Waals surface area (Å²) in [6.07, 6.45) is -8.29. The Labute approximate surface area is 216 Å². The molecule has 204 valence electrons. The van der Waals surface area contributed by atoms with Crippen LogP contribution in [-0.4, -0.2) is 34.0 Å². The van der Waals surface area contributed by atoms with Gasteiger partial charge in [-0.1, -0.05) is 49.4 Å². The van der Waals surface area contributed by atoms with Crippen molar-refractivity contribution in [1.29, 1.82) is 0 Å². The molecule has 1 aliphatic heterocycles. The molecule has 1 N–H and O–H groups in total. The van der Waals surface area contributed by atoms with Gasteiger partial charge in [0.15, 0.2) is 0 Å². The van der Waals surface area contributed by atoms with Crippen LogP contribution in [0.15, 0.2) is 54.6 Å². The molecule has 2 heterocycles. The summed E-state index contributed by atoms with van der Waals surface area (Å²) in [6, 6.07) is 12.3. The van der Waals surface area contributed by atoms with Gasteiger partial charge in [0.25, 0.3) is 0 Å². The van der Waals surface area contributed by atoms with Crippen LogP contribution in [0.25, 0.3) is 0 Å². The number of hydrogen-bond acceptors (Lipinski definition) is 3. The van der Waals surface area contributed by atoms with Gasteiger partial charge >= 0.3 is 12.4 Å². The van der Waals surface area contributed by atoms with Gasteiger partial charge in [-0.05, 0) is 42.5 Å². The third kappa shape index (κ3) is 5.57. The number of aromatic nitrogens is 2. The normalized spacial score (nSPS) is 17.2. The van der Waals surface area contributed by atoms with Crippen LogP contribution >= 0.6 is 0 Å². The predicted octanol–water partition coefficient (Wildman–Crippen LogP) is 5.96. The highest BCUT2D eigenvalue weighted by Gasteiger charge is 2.44. The summed E-state index contributed by atoms with van der Waals surface area (Å²) >= 11 is 0. The molecule has 3 aromatic rings. The first-order valence-corrected chi connectivity index (χ1v) is 12.3. The van der Waals surface area contributed by atoms with E-state index in [1.54, 1.807) is 31.2 Å². The molecule has 0 bridgehead atoms. The Hall–Kier alpha value is -3.34. The maximum absolute atomic E-state index is 13.9. The lowest BCUT2D eigenvalue weighted by atomic mass is 9.93. The van der Waals surface area contributed by atoms with Crippen LogP contribution in [0.5, 0.6) is 0 Å². The molecule has 2 aromatic carbocycles. The molecular formula is C27H28F6N4O. The number of hydrogen-bond donors (Lipinski definition) is 1. The highest BCUT2D eigenvalue weighted by atomic mass is 19.4. The lowest BCUT2D eigenvalue weighted by Crippen LogP contribution is -2.46. The van der Waals surface area contributed by atoms with Crippen LogP contribution in [0.4, 0.5) is 26.3 Å². The van der Waals surface area contributed by atoms with Crippen molar-refractivity contribution in [3.8, 4) is 0 Å². The maximum atomic E-state index is 13.9. The van der Waals surface area contributed by atoms with Crippen molar-refractivity contribution in [3.63, 3.8) is 0 Å². The first-order chi connectivity index (χ1) is 18.0. The summed E-state index contributed by atoms with van der Waals surface area (Å²) in [5.74, 6) is -1.28. The molecule has 0 saturated heterocycles. The molecule has 2 atom stereocenters. The number of likely N-dealkylation sites (N-methyl/N-ethyl adjacent to an activating group) is 1. The van der Waals surface area contributed by atoms with E-state index in [9.17, 15) is 31.1 Å². The Bertz CT molecular complexity index is 1250. The monoisotopic (exact) mass is 538 g/mol. The summed E-state index contributed by atoms with van der Waals surface area (Å²) in [7, 11) is 1.50. The largest absolute Gasteiger partial charge is 0.449 e. The number of imidazole rings is 1. The van der Waals surface area contributed by atoms with Crippen LogP contribution in [0.2, 0.25) is 0 Å². The molecule has 5 nitrogen and oxygen atoms in total. The van der Waals surface area contributed by atoms with Crippen molar-refractivity contribution < 1.29 is 31.1 Å². The highest BCUT2D eigenvalue weighted by molar-refractivity contribution is 5.83.